The predicted octanol–water partition coefficient (Wildman–Crippen LogP) is 4.63. The number of aromatic nitrogens is 4. The Bertz CT molecular complexity index is 1040. The maximum Gasteiger partial charge on any atom is 0.222 e. The first-order valence-electron chi connectivity index (χ1n) is 10.6. The zero-order valence-corrected chi connectivity index (χ0v) is 18.4. The van der Waals surface area contributed by atoms with Crippen molar-refractivity contribution >= 4 is 27.0 Å². The Morgan fingerprint density at radius 1 is 1.17 bits per heavy atom. The van der Waals surface area contributed by atoms with Crippen molar-refractivity contribution in [2.45, 2.75) is 32.2 Å². The van der Waals surface area contributed by atoms with Crippen LogP contribution in [0.4, 0.5) is 4.39 Å². The summed E-state index contributed by atoms with van der Waals surface area (Å²) in [6, 6.07) is 7.94. The average Bonchev–Trinajstić information content (AvgIpc) is 3.30. The highest BCUT2D eigenvalue weighted by Gasteiger charge is 2.24. The van der Waals surface area contributed by atoms with Gasteiger partial charge in [-0.2, -0.15) is 0 Å². The van der Waals surface area contributed by atoms with Gasteiger partial charge in [0.05, 0.1) is 16.7 Å². The van der Waals surface area contributed by atoms with Crippen LogP contribution in [-0.2, 0) is 13.0 Å². The van der Waals surface area contributed by atoms with Crippen molar-refractivity contribution in [3.8, 4) is 11.6 Å². The molecule has 8 heteroatoms. The van der Waals surface area contributed by atoms with Gasteiger partial charge in [-0.15, -0.1) is 5.10 Å². The van der Waals surface area contributed by atoms with Gasteiger partial charge in [0.15, 0.2) is 0 Å². The van der Waals surface area contributed by atoms with Crippen LogP contribution < -0.4 is 4.74 Å². The molecule has 158 valence electrons. The molecular weight excluding hydrogens is 449 g/mol. The number of fused-ring (bicyclic) bond motifs is 1. The van der Waals surface area contributed by atoms with Crippen LogP contribution >= 0.6 is 15.9 Å². The van der Waals surface area contributed by atoms with Gasteiger partial charge < -0.3 is 9.64 Å². The lowest BCUT2D eigenvalue weighted by molar-refractivity contribution is 0.304. The van der Waals surface area contributed by atoms with E-state index in [0.717, 1.165) is 66.0 Å². The van der Waals surface area contributed by atoms with Crippen molar-refractivity contribution in [3.05, 3.63) is 40.5 Å². The summed E-state index contributed by atoms with van der Waals surface area (Å²) in [5.74, 6) is 2.20. The van der Waals surface area contributed by atoms with E-state index in [-0.39, 0.29) is 12.6 Å². The standard InChI is InChI=1S/C22H25BrFN5O/c23-20-19(6-5-18-21(20)26-27-29(18)14-15-3-4-15)30-22-17(2-1-9-25-22)8-11-28-10-7-16(12-24)13-28/h1-2,5-6,9,15-16H,3-4,7-8,10-14H2. The lowest BCUT2D eigenvalue weighted by Gasteiger charge is -2.16. The first-order valence-corrected chi connectivity index (χ1v) is 11.4. The van der Waals surface area contributed by atoms with Crippen LogP contribution in [0.3, 0.4) is 0 Å². The zero-order chi connectivity index (χ0) is 20.5. The molecule has 0 N–H and O–H groups in total. The molecule has 2 fully saturated rings. The fourth-order valence-electron chi connectivity index (χ4n) is 4.08. The van der Waals surface area contributed by atoms with Gasteiger partial charge in [-0.3, -0.25) is 4.39 Å². The van der Waals surface area contributed by atoms with Crippen molar-refractivity contribution in [1.82, 2.24) is 24.9 Å². The van der Waals surface area contributed by atoms with Crippen LogP contribution in [0.5, 0.6) is 11.6 Å². The number of rotatable bonds is 8. The average molecular weight is 474 g/mol. The summed E-state index contributed by atoms with van der Waals surface area (Å²) in [5.41, 5.74) is 2.87. The summed E-state index contributed by atoms with van der Waals surface area (Å²) >= 11 is 3.65. The van der Waals surface area contributed by atoms with Gasteiger partial charge in [-0.25, -0.2) is 9.67 Å². The SMILES string of the molecule is FCC1CCN(CCc2cccnc2Oc2ccc3c(nnn3CC3CC3)c2Br)C1. The number of alkyl halides is 1. The van der Waals surface area contributed by atoms with E-state index < -0.39 is 0 Å². The third-order valence-corrected chi connectivity index (χ3v) is 6.83. The normalized spacial score (nSPS) is 19.6. The summed E-state index contributed by atoms with van der Waals surface area (Å²) < 4.78 is 21.9. The summed E-state index contributed by atoms with van der Waals surface area (Å²) in [7, 11) is 0. The first kappa shape index (κ1) is 19.9. The van der Waals surface area contributed by atoms with Crippen LogP contribution in [0.1, 0.15) is 24.8 Å². The molecule has 1 atom stereocenters. The lowest BCUT2D eigenvalue weighted by Crippen LogP contribution is -2.24. The Morgan fingerprint density at radius 3 is 2.87 bits per heavy atom. The van der Waals surface area contributed by atoms with Crippen LogP contribution in [0.25, 0.3) is 11.0 Å². The molecule has 6 nitrogen and oxygen atoms in total. The second-order valence-electron chi connectivity index (χ2n) is 8.39. The smallest absolute Gasteiger partial charge is 0.222 e. The Kier molecular flexibility index (Phi) is 5.69. The Morgan fingerprint density at radius 2 is 2.07 bits per heavy atom. The molecule has 1 saturated heterocycles. The Labute approximate surface area is 183 Å². The van der Waals surface area contributed by atoms with Gasteiger partial charge in [-0.1, -0.05) is 11.3 Å². The molecule has 2 aliphatic rings. The predicted molar refractivity (Wildman–Crippen MR) is 116 cm³/mol. The number of pyridine rings is 1. The minimum Gasteiger partial charge on any atom is -0.437 e. The van der Waals surface area contributed by atoms with E-state index in [1.807, 2.05) is 28.9 Å². The van der Waals surface area contributed by atoms with Crippen molar-refractivity contribution in [2.24, 2.45) is 11.8 Å². The minimum atomic E-state index is -0.223. The number of nitrogens with zero attached hydrogens (tertiary/aromatic N) is 5. The molecule has 5 rings (SSSR count). The third-order valence-electron chi connectivity index (χ3n) is 6.06. The summed E-state index contributed by atoms with van der Waals surface area (Å²) in [4.78, 5) is 6.78. The second kappa shape index (κ2) is 8.59. The van der Waals surface area contributed by atoms with E-state index in [1.165, 1.54) is 12.8 Å². The fraction of sp³-hybridized carbons (Fsp3) is 0.500. The maximum absolute atomic E-state index is 12.9. The Balaban J connectivity index is 1.32. The number of hydrogen-bond acceptors (Lipinski definition) is 5. The summed E-state index contributed by atoms with van der Waals surface area (Å²) in [6.45, 7) is 3.39. The Hall–Kier alpha value is -2.06. The van der Waals surface area contributed by atoms with Gasteiger partial charge in [0.1, 0.15) is 11.3 Å². The van der Waals surface area contributed by atoms with Crippen molar-refractivity contribution in [1.29, 1.82) is 0 Å². The third kappa shape index (κ3) is 4.21. The molecule has 0 radical (unpaired) electrons. The van der Waals surface area contributed by atoms with Crippen molar-refractivity contribution < 1.29 is 9.13 Å². The number of benzene rings is 1. The van der Waals surface area contributed by atoms with Crippen LogP contribution in [0, 0.1) is 11.8 Å². The van der Waals surface area contributed by atoms with Crippen LogP contribution in [0.15, 0.2) is 34.9 Å². The van der Waals surface area contributed by atoms with Crippen LogP contribution in [-0.4, -0.2) is 51.2 Å². The monoisotopic (exact) mass is 473 g/mol. The molecule has 2 aromatic heterocycles. The maximum atomic E-state index is 12.9. The molecule has 0 bridgehead atoms. The molecule has 3 heterocycles. The molecule has 30 heavy (non-hydrogen) atoms. The molecule has 1 unspecified atom stereocenters. The minimum absolute atomic E-state index is 0.186. The van der Waals surface area contributed by atoms with Crippen molar-refractivity contribution in [3.63, 3.8) is 0 Å². The molecule has 0 amide bonds. The molecular formula is C22H25BrFN5O. The molecule has 1 aromatic carbocycles. The van der Waals surface area contributed by atoms with E-state index in [0.29, 0.717) is 11.6 Å². The highest BCUT2D eigenvalue weighted by Crippen LogP contribution is 2.37. The van der Waals surface area contributed by atoms with Crippen molar-refractivity contribution in [2.75, 3.05) is 26.3 Å². The molecule has 1 saturated carbocycles. The number of halogens is 2. The van der Waals surface area contributed by atoms with Crippen LogP contribution in [0.2, 0.25) is 0 Å². The van der Waals surface area contributed by atoms with Gasteiger partial charge >= 0.3 is 0 Å². The molecule has 1 aliphatic heterocycles. The van der Waals surface area contributed by atoms with Gasteiger partial charge in [0.2, 0.25) is 5.88 Å². The lowest BCUT2D eigenvalue weighted by atomic mass is 10.1. The summed E-state index contributed by atoms with van der Waals surface area (Å²) in [6.07, 6.45) is 6.06. The van der Waals surface area contributed by atoms with Gasteiger partial charge in [-0.05, 0) is 72.3 Å². The fourth-order valence-corrected chi connectivity index (χ4v) is 4.57. The largest absolute Gasteiger partial charge is 0.437 e. The number of hydrogen-bond donors (Lipinski definition) is 0. The quantitative estimate of drug-likeness (QED) is 0.477. The van der Waals surface area contributed by atoms with Gasteiger partial charge in [0.25, 0.3) is 0 Å². The van der Waals surface area contributed by atoms with E-state index in [2.05, 4.69) is 36.1 Å². The second-order valence-corrected chi connectivity index (χ2v) is 9.18. The number of ether oxygens (including phenoxy) is 1. The van der Waals surface area contributed by atoms with E-state index in [1.54, 1.807) is 6.20 Å². The highest BCUT2D eigenvalue weighted by molar-refractivity contribution is 9.10. The topological polar surface area (TPSA) is 56.1 Å². The highest BCUT2D eigenvalue weighted by atomic mass is 79.9. The zero-order valence-electron chi connectivity index (χ0n) is 16.8. The van der Waals surface area contributed by atoms with E-state index >= 15 is 0 Å². The molecule has 1 aliphatic carbocycles. The summed E-state index contributed by atoms with van der Waals surface area (Å²) in [5, 5.41) is 8.68. The molecule has 3 aromatic rings. The molecule has 0 spiro atoms. The van der Waals surface area contributed by atoms with Gasteiger partial charge in [0, 0.05) is 37.3 Å². The van der Waals surface area contributed by atoms with E-state index in [4.69, 9.17) is 4.74 Å². The number of likely N-dealkylation sites (tertiary alicyclic amines) is 1. The van der Waals surface area contributed by atoms with E-state index in [9.17, 15) is 4.39 Å². The first-order chi connectivity index (χ1) is 14.7.